The van der Waals surface area contributed by atoms with Crippen LogP contribution in [0.2, 0.25) is 0 Å². The minimum Gasteiger partial charge on any atom is -0.317 e. The molecule has 1 N–H and O–H groups in total. The van der Waals surface area contributed by atoms with Crippen LogP contribution in [0, 0.1) is 0 Å². The number of nitrogens with zero attached hydrogens (tertiary/aromatic N) is 2. The van der Waals surface area contributed by atoms with Crippen molar-refractivity contribution < 1.29 is 14.4 Å². The van der Waals surface area contributed by atoms with Gasteiger partial charge in [-0.05, 0) is 49.8 Å². The van der Waals surface area contributed by atoms with Gasteiger partial charge in [0, 0.05) is 36.7 Å². The third-order valence-electron chi connectivity index (χ3n) is 5.39. The van der Waals surface area contributed by atoms with Gasteiger partial charge < -0.3 is 5.32 Å². The van der Waals surface area contributed by atoms with Crippen molar-refractivity contribution in [2.24, 2.45) is 4.99 Å². The van der Waals surface area contributed by atoms with Gasteiger partial charge in [0.1, 0.15) is 5.00 Å². The summed E-state index contributed by atoms with van der Waals surface area (Å²) in [5, 5.41) is 3.87. The molecular weight excluding hydrogens is 386 g/mol. The first kappa shape index (κ1) is 19.5. The first-order chi connectivity index (χ1) is 14.1. The summed E-state index contributed by atoms with van der Waals surface area (Å²) in [7, 11) is 1.74. The number of rotatable bonds is 6. The van der Waals surface area contributed by atoms with Crippen molar-refractivity contribution in [1.29, 1.82) is 0 Å². The fourth-order valence-corrected chi connectivity index (χ4v) is 5.26. The van der Waals surface area contributed by atoms with Gasteiger partial charge in [0.2, 0.25) is 5.91 Å². The highest BCUT2D eigenvalue weighted by Gasteiger charge is 2.34. The molecule has 2 aromatic rings. The molecule has 150 valence electrons. The number of hydrogen-bond donors (Lipinski definition) is 1. The van der Waals surface area contributed by atoms with Gasteiger partial charge in [-0.15, -0.1) is 11.3 Å². The van der Waals surface area contributed by atoms with Crippen LogP contribution < -0.4 is 5.32 Å². The van der Waals surface area contributed by atoms with Crippen molar-refractivity contribution in [3.8, 4) is 0 Å². The number of nitrogens with one attached hydrogen (secondary N) is 1. The molecule has 1 aliphatic carbocycles. The second kappa shape index (κ2) is 8.29. The van der Waals surface area contributed by atoms with Crippen molar-refractivity contribution in [3.05, 3.63) is 51.4 Å². The van der Waals surface area contributed by atoms with E-state index in [0.717, 1.165) is 23.4 Å². The van der Waals surface area contributed by atoms with Gasteiger partial charge in [-0.25, -0.2) is 0 Å². The molecule has 3 amide bonds. The second-order valence-electron chi connectivity index (χ2n) is 7.30. The normalized spacial score (nSPS) is 15.7. The fourth-order valence-electron chi connectivity index (χ4n) is 3.98. The fraction of sp³-hybridized carbons (Fsp3) is 0.364. The number of anilines is 1. The summed E-state index contributed by atoms with van der Waals surface area (Å²) < 4.78 is 0. The van der Waals surface area contributed by atoms with Crippen molar-refractivity contribution >= 4 is 40.3 Å². The average Bonchev–Trinajstić information content (AvgIpc) is 3.19. The zero-order valence-electron chi connectivity index (χ0n) is 16.4. The topological polar surface area (TPSA) is 78.8 Å². The van der Waals surface area contributed by atoms with Crippen LogP contribution >= 0.6 is 11.3 Å². The average molecular weight is 410 g/mol. The Balaban J connectivity index is 1.36. The van der Waals surface area contributed by atoms with Crippen LogP contribution in [0.4, 0.5) is 5.00 Å². The van der Waals surface area contributed by atoms with Gasteiger partial charge in [-0.2, -0.15) is 0 Å². The van der Waals surface area contributed by atoms with E-state index in [1.165, 1.54) is 28.2 Å². The number of carbonyl (C=O) groups is 3. The number of imide groups is 1. The third-order valence-corrected chi connectivity index (χ3v) is 6.61. The Bertz CT molecular complexity index is 974. The molecule has 0 radical (unpaired) electrons. The monoisotopic (exact) mass is 409 g/mol. The Morgan fingerprint density at radius 1 is 1.17 bits per heavy atom. The lowest BCUT2D eigenvalue weighted by molar-refractivity contribution is -0.116. The van der Waals surface area contributed by atoms with Crippen LogP contribution in [0.1, 0.15) is 62.4 Å². The smallest absolute Gasteiger partial charge is 0.261 e. The molecule has 4 rings (SSSR count). The summed E-state index contributed by atoms with van der Waals surface area (Å²) in [4.78, 5) is 44.0. The zero-order chi connectivity index (χ0) is 20.4. The maximum Gasteiger partial charge on any atom is 0.261 e. The van der Waals surface area contributed by atoms with Crippen LogP contribution in [0.5, 0.6) is 0 Å². The van der Waals surface area contributed by atoms with Crippen molar-refractivity contribution in [3.63, 3.8) is 0 Å². The first-order valence-electron chi connectivity index (χ1n) is 9.92. The van der Waals surface area contributed by atoms with E-state index in [1.807, 2.05) is 6.21 Å². The third kappa shape index (κ3) is 3.74. The molecule has 2 aliphatic rings. The Hall–Kier alpha value is -2.80. The number of fused-ring (bicyclic) bond motifs is 2. The molecule has 1 aromatic carbocycles. The number of benzene rings is 1. The van der Waals surface area contributed by atoms with Crippen LogP contribution in [0.3, 0.4) is 0 Å². The largest absolute Gasteiger partial charge is 0.317 e. The summed E-state index contributed by atoms with van der Waals surface area (Å²) in [6.45, 7) is 0.240. The predicted molar refractivity (Wildman–Crippen MR) is 114 cm³/mol. The van der Waals surface area contributed by atoms with E-state index in [1.54, 1.807) is 42.6 Å². The lowest BCUT2D eigenvalue weighted by atomic mass is 9.96. The highest BCUT2D eigenvalue weighted by atomic mass is 32.1. The summed E-state index contributed by atoms with van der Waals surface area (Å²) in [5.74, 6) is -0.664. The van der Waals surface area contributed by atoms with Crippen molar-refractivity contribution in [2.45, 2.75) is 38.5 Å². The van der Waals surface area contributed by atoms with E-state index in [-0.39, 0.29) is 30.7 Å². The molecule has 2 heterocycles. The number of amides is 3. The molecule has 7 heteroatoms. The molecule has 6 nitrogen and oxygen atoms in total. The molecule has 1 aliphatic heterocycles. The van der Waals surface area contributed by atoms with Gasteiger partial charge in [0.25, 0.3) is 11.8 Å². The Morgan fingerprint density at radius 2 is 1.86 bits per heavy atom. The summed E-state index contributed by atoms with van der Waals surface area (Å²) >= 11 is 1.64. The van der Waals surface area contributed by atoms with E-state index < -0.39 is 0 Å². The van der Waals surface area contributed by atoms with Gasteiger partial charge >= 0.3 is 0 Å². The van der Waals surface area contributed by atoms with Crippen LogP contribution in [-0.4, -0.2) is 42.4 Å². The highest BCUT2D eigenvalue weighted by molar-refractivity contribution is 7.16. The minimum absolute atomic E-state index is 0.106. The van der Waals surface area contributed by atoms with Crippen molar-refractivity contribution in [2.75, 3.05) is 18.9 Å². The van der Waals surface area contributed by atoms with Crippen LogP contribution in [0.25, 0.3) is 0 Å². The molecule has 0 fully saturated rings. The maximum atomic E-state index is 12.5. The Morgan fingerprint density at radius 3 is 2.55 bits per heavy atom. The van der Waals surface area contributed by atoms with Gasteiger partial charge in [-0.3, -0.25) is 24.3 Å². The van der Waals surface area contributed by atoms with E-state index in [4.69, 9.17) is 0 Å². The zero-order valence-corrected chi connectivity index (χ0v) is 17.2. The minimum atomic E-state index is -0.279. The number of thiophene rings is 1. The summed E-state index contributed by atoms with van der Waals surface area (Å²) in [6, 6.07) is 6.83. The second-order valence-corrected chi connectivity index (χ2v) is 8.41. The molecule has 0 saturated carbocycles. The molecule has 0 atom stereocenters. The van der Waals surface area contributed by atoms with Crippen molar-refractivity contribution in [1.82, 2.24) is 4.90 Å². The SMILES string of the molecule is CN=Cc1c(NC(=O)CCCN2C(=O)c3ccccc3C2=O)sc2c1CCCC2. The number of aliphatic imine (C=N–C) groups is 1. The van der Waals surface area contributed by atoms with E-state index in [2.05, 4.69) is 10.3 Å². The lowest BCUT2D eigenvalue weighted by Gasteiger charge is -2.13. The van der Waals surface area contributed by atoms with Gasteiger partial charge in [0.05, 0.1) is 11.1 Å². The number of aryl methyl sites for hydroxylation is 1. The van der Waals surface area contributed by atoms with E-state index >= 15 is 0 Å². The molecular formula is C22H23N3O3S. The molecule has 0 unspecified atom stereocenters. The number of carbonyl (C=O) groups excluding carboxylic acids is 3. The predicted octanol–water partition coefficient (Wildman–Crippen LogP) is 3.69. The maximum absolute atomic E-state index is 12.5. The molecule has 1 aromatic heterocycles. The Kier molecular flexibility index (Phi) is 5.58. The lowest BCUT2D eigenvalue weighted by Crippen LogP contribution is -2.31. The van der Waals surface area contributed by atoms with E-state index in [9.17, 15) is 14.4 Å². The molecule has 0 spiro atoms. The quantitative estimate of drug-likeness (QED) is 0.584. The standard InChI is InChI=1S/C22H23N3O3S/c1-23-13-17-14-7-4-5-10-18(14)29-20(17)24-19(26)11-6-12-25-21(27)15-8-2-3-9-16(15)22(25)28/h2-3,8-9,13H,4-7,10-12H2,1H3,(H,24,26). The highest BCUT2D eigenvalue weighted by Crippen LogP contribution is 2.37. The molecule has 29 heavy (non-hydrogen) atoms. The molecule has 0 saturated heterocycles. The van der Waals surface area contributed by atoms with Gasteiger partial charge in [-0.1, -0.05) is 12.1 Å². The van der Waals surface area contributed by atoms with Crippen LogP contribution in [0.15, 0.2) is 29.3 Å². The van der Waals surface area contributed by atoms with Crippen LogP contribution in [-0.2, 0) is 17.6 Å². The van der Waals surface area contributed by atoms with Gasteiger partial charge in [0.15, 0.2) is 0 Å². The Labute approximate surface area is 173 Å². The first-order valence-corrected chi connectivity index (χ1v) is 10.7. The number of hydrogen-bond acceptors (Lipinski definition) is 5. The summed E-state index contributed by atoms with van der Waals surface area (Å²) in [6.07, 6.45) is 6.95. The summed E-state index contributed by atoms with van der Waals surface area (Å²) in [5.41, 5.74) is 3.22. The van der Waals surface area contributed by atoms with E-state index in [0.29, 0.717) is 17.5 Å². The molecule has 0 bridgehead atoms.